The highest BCUT2D eigenvalue weighted by Gasteiger charge is 2.25. The van der Waals surface area contributed by atoms with E-state index in [-0.39, 0.29) is 23.4 Å². The van der Waals surface area contributed by atoms with Crippen LogP contribution in [-0.2, 0) is 0 Å². The van der Waals surface area contributed by atoms with Crippen molar-refractivity contribution in [2.24, 2.45) is 0 Å². The van der Waals surface area contributed by atoms with Crippen molar-refractivity contribution in [3.8, 4) is 17.0 Å². The minimum atomic E-state index is -3.00. The molecule has 3 rings (SSSR count). The number of benzene rings is 1. The van der Waals surface area contributed by atoms with Gasteiger partial charge in [0.15, 0.2) is 5.82 Å². The molecule has 0 amide bonds. The van der Waals surface area contributed by atoms with Crippen molar-refractivity contribution in [2.75, 3.05) is 10.6 Å². The van der Waals surface area contributed by atoms with Gasteiger partial charge in [0.05, 0.1) is 0 Å². The molecule has 2 atom stereocenters. The molecule has 0 saturated carbocycles. The van der Waals surface area contributed by atoms with E-state index in [1.54, 1.807) is 0 Å². The fourth-order valence-electron chi connectivity index (χ4n) is 2.39. The zero-order chi connectivity index (χ0) is 16.6. The third-order valence-electron chi connectivity index (χ3n) is 3.75. The Hall–Kier alpha value is -2.51. The van der Waals surface area contributed by atoms with Crippen molar-refractivity contribution >= 4 is 11.5 Å². The van der Waals surface area contributed by atoms with Crippen molar-refractivity contribution in [1.29, 1.82) is 0 Å². The molecule has 0 spiro atoms. The van der Waals surface area contributed by atoms with Gasteiger partial charge in [-0.2, -0.15) is 8.78 Å². The Bertz CT molecular complexity index is 726. The van der Waals surface area contributed by atoms with E-state index in [4.69, 9.17) is 0 Å². The molecule has 2 aromatic rings. The fraction of sp³-hybridized carbons (Fsp3) is 0.333. The monoisotopic (exact) mass is 324 g/mol. The summed E-state index contributed by atoms with van der Waals surface area (Å²) in [6.07, 6.45) is 1.33. The van der Waals surface area contributed by atoms with E-state index < -0.39 is 12.4 Å². The van der Waals surface area contributed by atoms with E-state index in [2.05, 4.69) is 25.3 Å². The number of anilines is 2. The minimum Gasteiger partial charge on any atom is -0.435 e. The number of fused-ring (bicyclic) bond motifs is 1. The van der Waals surface area contributed by atoms with Crippen molar-refractivity contribution < 1.29 is 17.9 Å². The fourth-order valence-corrected chi connectivity index (χ4v) is 2.39. The summed E-state index contributed by atoms with van der Waals surface area (Å²) in [6.45, 7) is 0.979. The summed E-state index contributed by atoms with van der Waals surface area (Å²) in [5, 5.41) is 6.46. The Morgan fingerprint density at radius 2 is 1.87 bits per heavy atom. The van der Waals surface area contributed by atoms with E-state index in [0.717, 1.165) is 6.07 Å². The number of nitrogens with one attached hydrogen (secondary N) is 2. The lowest BCUT2D eigenvalue weighted by atomic mass is 10.0. The Balaban J connectivity index is 2.01. The van der Waals surface area contributed by atoms with E-state index >= 15 is 0 Å². The molecule has 122 valence electrons. The molecular weight excluding hydrogens is 309 g/mol. The van der Waals surface area contributed by atoms with Crippen LogP contribution in [0.3, 0.4) is 0 Å². The van der Waals surface area contributed by atoms with Crippen molar-refractivity contribution in [3.63, 3.8) is 0 Å². The number of nitrogens with zero attached hydrogens (tertiary/aromatic N) is 2. The lowest BCUT2D eigenvalue weighted by Gasteiger charge is -2.31. The van der Waals surface area contributed by atoms with E-state index in [1.165, 1.54) is 18.5 Å². The summed E-state index contributed by atoms with van der Waals surface area (Å²) < 4.78 is 42.9. The first-order valence-corrected chi connectivity index (χ1v) is 7.08. The first kappa shape index (κ1) is 15.4. The molecule has 23 heavy (non-hydrogen) atoms. The van der Waals surface area contributed by atoms with Crippen LogP contribution in [-0.4, -0.2) is 28.7 Å². The predicted octanol–water partition coefficient (Wildman–Crippen LogP) is 3.50. The molecule has 0 aliphatic carbocycles. The van der Waals surface area contributed by atoms with Crippen LogP contribution in [0.4, 0.5) is 24.7 Å². The van der Waals surface area contributed by atoms with Gasteiger partial charge in [0.25, 0.3) is 0 Å². The standard InChI is InChI=1S/C15H15F3N4O/c1-7-8(2)22-14-13(21-7)12(19-6-20-14)10-4-3-9(5-11(10)16)23-15(17)18/h3-8,15,21H,1-2H3,(H,19,20,22). The van der Waals surface area contributed by atoms with Gasteiger partial charge in [-0.25, -0.2) is 14.4 Å². The highest BCUT2D eigenvalue weighted by Crippen LogP contribution is 2.36. The Morgan fingerprint density at radius 1 is 1.13 bits per heavy atom. The predicted molar refractivity (Wildman–Crippen MR) is 80.2 cm³/mol. The van der Waals surface area contributed by atoms with Crippen molar-refractivity contribution in [3.05, 3.63) is 30.3 Å². The summed E-state index contributed by atoms with van der Waals surface area (Å²) in [4.78, 5) is 8.28. The first-order chi connectivity index (χ1) is 11.0. The molecule has 5 nitrogen and oxygen atoms in total. The second-order valence-electron chi connectivity index (χ2n) is 5.33. The number of aromatic nitrogens is 2. The maximum absolute atomic E-state index is 14.3. The third kappa shape index (κ3) is 3.01. The SMILES string of the molecule is CC1Nc2ncnc(-c3ccc(OC(F)F)cc3F)c2NC1C. The smallest absolute Gasteiger partial charge is 0.387 e. The molecule has 1 aliphatic heterocycles. The maximum atomic E-state index is 14.3. The number of halogens is 3. The largest absolute Gasteiger partial charge is 0.435 e. The molecular formula is C15H15F3N4O. The molecule has 0 bridgehead atoms. The van der Waals surface area contributed by atoms with E-state index in [9.17, 15) is 13.2 Å². The van der Waals surface area contributed by atoms with Gasteiger partial charge in [0.1, 0.15) is 29.3 Å². The summed E-state index contributed by atoms with van der Waals surface area (Å²) in [7, 11) is 0. The lowest BCUT2D eigenvalue weighted by molar-refractivity contribution is -0.0499. The maximum Gasteiger partial charge on any atom is 0.387 e. The molecule has 2 heterocycles. The van der Waals surface area contributed by atoms with Gasteiger partial charge in [0.2, 0.25) is 0 Å². The van der Waals surface area contributed by atoms with Crippen LogP contribution in [0.25, 0.3) is 11.3 Å². The van der Waals surface area contributed by atoms with Crippen LogP contribution >= 0.6 is 0 Å². The second-order valence-corrected chi connectivity index (χ2v) is 5.33. The Kier molecular flexibility index (Phi) is 3.97. The Morgan fingerprint density at radius 3 is 2.57 bits per heavy atom. The normalized spacial score (nSPS) is 19.7. The number of rotatable bonds is 3. The summed E-state index contributed by atoms with van der Waals surface area (Å²) >= 11 is 0. The van der Waals surface area contributed by atoms with Gasteiger partial charge < -0.3 is 15.4 Å². The molecule has 0 radical (unpaired) electrons. The van der Waals surface area contributed by atoms with Gasteiger partial charge in [-0.05, 0) is 26.0 Å². The topological polar surface area (TPSA) is 59.1 Å². The van der Waals surface area contributed by atoms with Gasteiger partial charge in [0, 0.05) is 23.7 Å². The molecule has 1 aliphatic rings. The Labute approximate surface area is 130 Å². The van der Waals surface area contributed by atoms with Crippen LogP contribution in [0.5, 0.6) is 5.75 Å². The zero-order valence-electron chi connectivity index (χ0n) is 12.5. The minimum absolute atomic E-state index is 0.0942. The molecule has 1 aromatic carbocycles. The molecule has 2 N–H and O–H groups in total. The molecule has 0 saturated heterocycles. The lowest BCUT2D eigenvalue weighted by Crippen LogP contribution is -2.39. The number of alkyl halides is 2. The van der Waals surface area contributed by atoms with Gasteiger partial charge in [-0.1, -0.05) is 0 Å². The van der Waals surface area contributed by atoms with Crippen molar-refractivity contribution in [2.45, 2.75) is 32.5 Å². The number of hydrogen-bond acceptors (Lipinski definition) is 5. The number of ether oxygens (including phenoxy) is 1. The van der Waals surface area contributed by atoms with Crippen LogP contribution in [0.2, 0.25) is 0 Å². The van der Waals surface area contributed by atoms with Crippen LogP contribution in [0.1, 0.15) is 13.8 Å². The molecule has 2 unspecified atom stereocenters. The second kappa shape index (κ2) is 5.94. The van der Waals surface area contributed by atoms with Gasteiger partial charge >= 0.3 is 6.61 Å². The highest BCUT2D eigenvalue weighted by atomic mass is 19.3. The summed E-state index contributed by atoms with van der Waals surface area (Å²) in [5.41, 5.74) is 1.13. The van der Waals surface area contributed by atoms with Crippen LogP contribution < -0.4 is 15.4 Å². The third-order valence-corrected chi connectivity index (χ3v) is 3.75. The average molecular weight is 324 g/mol. The first-order valence-electron chi connectivity index (χ1n) is 7.08. The average Bonchev–Trinajstić information content (AvgIpc) is 2.48. The van der Waals surface area contributed by atoms with E-state index in [1.807, 2.05) is 13.8 Å². The molecule has 0 fully saturated rings. The van der Waals surface area contributed by atoms with Crippen LogP contribution in [0, 0.1) is 5.82 Å². The summed E-state index contributed by atoms with van der Waals surface area (Å²) in [6, 6.07) is 3.80. The molecule has 8 heteroatoms. The highest BCUT2D eigenvalue weighted by molar-refractivity contribution is 5.84. The van der Waals surface area contributed by atoms with Gasteiger partial charge in [-0.15, -0.1) is 0 Å². The number of hydrogen-bond donors (Lipinski definition) is 2. The zero-order valence-corrected chi connectivity index (χ0v) is 12.5. The quantitative estimate of drug-likeness (QED) is 0.905. The van der Waals surface area contributed by atoms with Crippen molar-refractivity contribution in [1.82, 2.24) is 9.97 Å². The summed E-state index contributed by atoms with van der Waals surface area (Å²) in [5.74, 6) is -0.359. The van der Waals surface area contributed by atoms with Crippen LogP contribution in [0.15, 0.2) is 24.5 Å². The van der Waals surface area contributed by atoms with Gasteiger partial charge in [-0.3, -0.25) is 0 Å². The van der Waals surface area contributed by atoms with E-state index in [0.29, 0.717) is 17.2 Å². The molecule has 1 aromatic heterocycles.